The number of aliphatic hydroxyl groups excluding tert-OH is 2. The van der Waals surface area contributed by atoms with E-state index in [-0.39, 0.29) is 6.42 Å². The zero-order valence-corrected chi connectivity index (χ0v) is 23.0. The van der Waals surface area contributed by atoms with Gasteiger partial charge in [0.15, 0.2) is 0 Å². The second kappa shape index (κ2) is 15.4. The van der Waals surface area contributed by atoms with E-state index in [1.807, 2.05) is 0 Å². The number of nitrogens with one attached hydrogen (secondary N) is 2. The van der Waals surface area contributed by atoms with Crippen molar-refractivity contribution in [3.63, 3.8) is 0 Å². The summed E-state index contributed by atoms with van der Waals surface area (Å²) in [5.41, 5.74) is -0.437. The fraction of sp³-hybridized carbons (Fsp3) is 0.800. The van der Waals surface area contributed by atoms with Crippen LogP contribution >= 0.6 is 11.8 Å². The van der Waals surface area contributed by atoms with Crippen molar-refractivity contribution in [3.05, 3.63) is 0 Å². The first-order valence-corrected chi connectivity index (χ1v) is 14.1. The van der Waals surface area contributed by atoms with Gasteiger partial charge in [-0.15, -0.1) is 0 Å². The molecule has 0 saturated carbocycles. The van der Waals surface area contributed by atoms with Crippen LogP contribution in [0.1, 0.15) is 72.1 Å². The molecule has 0 aromatic heterocycles. The van der Waals surface area contributed by atoms with Gasteiger partial charge < -0.3 is 35.8 Å². The van der Waals surface area contributed by atoms with E-state index in [2.05, 4.69) is 17.6 Å². The molecule has 13 heteroatoms. The van der Waals surface area contributed by atoms with Crippen LogP contribution in [-0.4, -0.2) is 91.6 Å². The van der Waals surface area contributed by atoms with E-state index >= 15 is 0 Å². The van der Waals surface area contributed by atoms with Gasteiger partial charge in [0.05, 0.1) is 23.8 Å². The quantitative estimate of drug-likeness (QED) is 0.149. The Bertz CT molecular complexity index is 871. The van der Waals surface area contributed by atoms with Crippen molar-refractivity contribution in [2.24, 2.45) is 16.8 Å². The molecule has 1 saturated heterocycles. The van der Waals surface area contributed by atoms with E-state index in [0.29, 0.717) is 0 Å². The minimum Gasteiger partial charge on any atom is -0.481 e. The van der Waals surface area contributed by atoms with Crippen LogP contribution < -0.4 is 10.6 Å². The number of unbranched alkanes of at least 4 members (excludes halogenated alkanes) is 4. The summed E-state index contributed by atoms with van der Waals surface area (Å²) in [6.07, 6.45) is 3.56. The van der Waals surface area contributed by atoms with Gasteiger partial charge in [-0.1, -0.05) is 51.3 Å². The number of thioether (sulfide) groups is 1. The lowest BCUT2D eigenvalue weighted by Gasteiger charge is -2.42. The summed E-state index contributed by atoms with van der Waals surface area (Å²) in [6, 6.07) is -3.03. The smallest absolute Gasteiger partial charge is 0.326 e. The van der Waals surface area contributed by atoms with Gasteiger partial charge in [0, 0.05) is 18.3 Å². The molecule has 0 aromatic rings. The number of carbonyl (C=O) groups excluding carboxylic acids is 2. The molecule has 12 nitrogen and oxygen atoms in total. The molecular weight excluding hydrogens is 518 g/mol. The summed E-state index contributed by atoms with van der Waals surface area (Å²) in [5, 5.41) is 44.5. The second-order valence-electron chi connectivity index (χ2n) is 9.94. The third kappa shape index (κ3) is 8.92. The van der Waals surface area contributed by atoms with E-state index in [1.54, 1.807) is 6.92 Å². The Morgan fingerprint density at radius 1 is 1.05 bits per heavy atom. The Balaban J connectivity index is 2.05. The molecule has 1 fully saturated rings. The number of fused-ring (bicyclic) bond motifs is 1. The molecule has 8 atom stereocenters. The Hall–Kier alpha value is -2.22. The van der Waals surface area contributed by atoms with Crippen molar-refractivity contribution in [3.8, 4) is 0 Å². The zero-order chi connectivity index (χ0) is 28.4. The SMILES string of the molecule is CCCCCCCC1=N[C@H]2C(O[C@H](CO)[C@@H](O)[C@@H]2[C@@H](C)C(=O)N[C@@H](C)C(=O)N[C@H](CCC(=O)O)C(=O)O)S1. The first-order chi connectivity index (χ1) is 18.0. The monoisotopic (exact) mass is 559 g/mol. The van der Waals surface area contributed by atoms with E-state index in [1.165, 1.54) is 25.1 Å². The summed E-state index contributed by atoms with van der Waals surface area (Å²) in [4.78, 5) is 52.6. The van der Waals surface area contributed by atoms with Gasteiger partial charge in [-0.25, -0.2) is 4.79 Å². The molecule has 2 aliphatic rings. The number of carboxylic acids is 2. The fourth-order valence-corrected chi connectivity index (χ4v) is 5.99. The molecule has 0 spiro atoms. The maximum Gasteiger partial charge on any atom is 0.326 e. The topological polar surface area (TPSA) is 195 Å². The molecule has 6 N–H and O–H groups in total. The van der Waals surface area contributed by atoms with Gasteiger partial charge in [0.25, 0.3) is 0 Å². The van der Waals surface area contributed by atoms with Crippen LogP contribution in [0.25, 0.3) is 0 Å². The average Bonchev–Trinajstić information content (AvgIpc) is 3.27. The molecule has 38 heavy (non-hydrogen) atoms. The van der Waals surface area contributed by atoms with Crippen molar-refractivity contribution < 1.29 is 44.3 Å². The number of hydrogen-bond acceptors (Lipinski definition) is 9. The summed E-state index contributed by atoms with van der Waals surface area (Å²) < 4.78 is 5.89. The van der Waals surface area contributed by atoms with Crippen molar-refractivity contribution in [1.82, 2.24) is 10.6 Å². The molecule has 2 aliphatic heterocycles. The van der Waals surface area contributed by atoms with Crippen LogP contribution in [0, 0.1) is 11.8 Å². The summed E-state index contributed by atoms with van der Waals surface area (Å²) in [6.45, 7) is 4.73. The minimum absolute atomic E-state index is 0.302. The van der Waals surface area contributed by atoms with Gasteiger partial charge in [-0.3, -0.25) is 19.4 Å². The normalized spacial score (nSPS) is 27.0. The average molecular weight is 560 g/mol. The van der Waals surface area contributed by atoms with Gasteiger partial charge >= 0.3 is 11.9 Å². The maximum absolute atomic E-state index is 13.1. The van der Waals surface area contributed by atoms with Gasteiger partial charge in [-0.2, -0.15) is 0 Å². The number of carboxylic acid groups (broad SMARTS) is 2. The Kier molecular flexibility index (Phi) is 13.0. The lowest BCUT2D eigenvalue weighted by Crippen LogP contribution is -2.58. The molecule has 1 unspecified atom stereocenters. The molecule has 0 bridgehead atoms. The van der Waals surface area contributed by atoms with Crippen LogP contribution in [-0.2, 0) is 23.9 Å². The lowest BCUT2D eigenvalue weighted by molar-refractivity contribution is -0.158. The second-order valence-corrected chi connectivity index (χ2v) is 11.1. The molecule has 0 aromatic carbocycles. The number of hydrogen-bond donors (Lipinski definition) is 6. The first kappa shape index (κ1) is 32.0. The number of aliphatic hydroxyl groups is 2. The molecule has 2 amide bonds. The fourth-order valence-electron chi connectivity index (χ4n) is 4.69. The van der Waals surface area contributed by atoms with Gasteiger partial charge in [-0.05, 0) is 26.2 Å². The number of aliphatic carboxylic acids is 2. The highest BCUT2D eigenvalue weighted by atomic mass is 32.2. The number of rotatable bonds is 16. The highest BCUT2D eigenvalue weighted by molar-refractivity contribution is 8.14. The predicted molar refractivity (Wildman–Crippen MR) is 141 cm³/mol. The van der Waals surface area contributed by atoms with Gasteiger partial charge in [0.1, 0.15) is 23.6 Å². The maximum atomic E-state index is 13.1. The summed E-state index contributed by atoms with van der Waals surface area (Å²) >= 11 is 1.46. The number of aliphatic imine (C=N–C) groups is 1. The number of carbonyl (C=O) groups is 4. The Morgan fingerprint density at radius 3 is 2.34 bits per heavy atom. The minimum atomic E-state index is -1.41. The molecule has 2 heterocycles. The van der Waals surface area contributed by atoms with Crippen molar-refractivity contribution in [2.45, 2.75) is 108 Å². The van der Waals surface area contributed by atoms with E-state index in [0.717, 1.165) is 37.1 Å². The van der Waals surface area contributed by atoms with E-state index < -0.39 is 84.4 Å². The van der Waals surface area contributed by atoms with Crippen LogP contribution in [0.3, 0.4) is 0 Å². The highest BCUT2D eigenvalue weighted by Crippen LogP contribution is 2.43. The number of nitrogens with zero attached hydrogens (tertiary/aromatic N) is 1. The molecule has 2 rings (SSSR count). The van der Waals surface area contributed by atoms with Crippen molar-refractivity contribution in [1.29, 1.82) is 0 Å². The van der Waals surface area contributed by atoms with Crippen LogP contribution in [0.2, 0.25) is 0 Å². The standard InChI is InChI=1S/C25H41N3O9S/c1-4-5-6-7-8-9-17-28-20-19(21(32)16(12-29)37-25(20)38-17)13(2)22(33)26-14(3)23(34)27-15(24(35)36)10-11-18(30)31/h13-16,19-21,25,29,32H,4-12H2,1-3H3,(H,26,33)(H,27,34)(H,30,31)(H,35,36)/t13-,14+,15-,16-,19-,20-,21-,25?/m1/s1. The highest BCUT2D eigenvalue weighted by Gasteiger charge is 2.51. The van der Waals surface area contributed by atoms with E-state index in [9.17, 15) is 34.5 Å². The van der Waals surface area contributed by atoms with Crippen molar-refractivity contribution >= 4 is 40.6 Å². The summed E-state index contributed by atoms with van der Waals surface area (Å²) in [5.74, 6) is -5.37. The number of amides is 2. The molecule has 0 aliphatic carbocycles. The molecule has 0 radical (unpaired) electrons. The van der Waals surface area contributed by atoms with Gasteiger partial charge in [0.2, 0.25) is 11.8 Å². The van der Waals surface area contributed by atoms with Crippen LogP contribution in [0.4, 0.5) is 0 Å². The zero-order valence-electron chi connectivity index (χ0n) is 22.2. The first-order valence-electron chi connectivity index (χ1n) is 13.2. The van der Waals surface area contributed by atoms with E-state index in [4.69, 9.17) is 14.8 Å². The third-order valence-electron chi connectivity index (χ3n) is 6.98. The Labute approximate surface area is 227 Å². The third-order valence-corrected chi connectivity index (χ3v) is 8.19. The largest absolute Gasteiger partial charge is 0.481 e. The number of ether oxygens (including phenoxy) is 1. The molecule has 216 valence electrons. The van der Waals surface area contributed by atoms with Crippen LogP contribution in [0.15, 0.2) is 4.99 Å². The van der Waals surface area contributed by atoms with Crippen LogP contribution in [0.5, 0.6) is 0 Å². The summed E-state index contributed by atoms with van der Waals surface area (Å²) in [7, 11) is 0. The molecular formula is C25H41N3O9S. The van der Waals surface area contributed by atoms with Crippen molar-refractivity contribution in [2.75, 3.05) is 6.61 Å². The lowest BCUT2D eigenvalue weighted by atomic mass is 9.78. The predicted octanol–water partition coefficient (Wildman–Crippen LogP) is 1.13. The Morgan fingerprint density at radius 2 is 1.74 bits per heavy atom.